The zero-order chi connectivity index (χ0) is 14.9. The van der Waals surface area contributed by atoms with E-state index in [1.807, 2.05) is 13.8 Å². The van der Waals surface area contributed by atoms with Crippen LogP contribution in [0.1, 0.15) is 18.2 Å². The summed E-state index contributed by atoms with van der Waals surface area (Å²) >= 11 is 0. The summed E-state index contributed by atoms with van der Waals surface area (Å²) in [5, 5.41) is 2.91. The fourth-order valence-corrected chi connectivity index (χ4v) is 1.96. The van der Waals surface area contributed by atoms with Gasteiger partial charge in [0.25, 0.3) is 0 Å². The van der Waals surface area contributed by atoms with Gasteiger partial charge in [0.1, 0.15) is 5.82 Å². The molecule has 0 unspecified atom stereocenters. The van der Waals surface area contributed by atoms with Gasteiger partial charge in [0.15, 0.2) is 23.3 Å². The molecule has 2 rings (SSSR count). The van der Waals surface area contributed by atoms with Crippen LogP contribution in [-0.2, 0) is 6.42 Å². The third-order valence-corrected chi connectivity index (χ3v) is 3.06. The van der Waals surface area contributed by atoms with Crippen LogP contribution in [0.25, 0.3) is 11.4 Å². The first-order valence-electron chi connectivity index (χ1n) is 6.18. The maximum atomic E-state index is 13.3. The van der Waals surface area contributed by atoms with Gasteiger partial charge in [0.2, 0.25) is 0 Å². The van der Waals surface area contributed by atoms with E-state index in [1.165, 1.54) is 0 Å². The monoisotopic (exact) mass is 281 g/mol. The van der Waals surface area contributed by atoms with Gasteiger partial charge in [-0.05, 0) is 25.5 Å². The van der Waals surface area contributed by atoms with Crippen LogP contribution in [0, 0.1) is 24.4 Å². The largest absolute Gasteiger partial charge is 0.373 e. The molecule has 20 heavy (non-hydrogen) atoms. The normalized spacial score (nSPS) is 10.7. The highest BCUT2D eigenvalue weighted by molar-refractivity contribution is 5.60. The Labute approximate surface area is 114 Å². The molecule has 1 N–H and O–H groups in total. The van der Waals surface area contributed by atoms with Crippen LogP contribution < -0.4 is 5.32 Å². The van der Waals surface area contributed by atoms with E-state index in [0.29, 0.717) is 12.2 Å². The first-order valence-corrected chi connectivity index (χ1v) is 6.18. The molecule has 2 aromatic rings. The molecular weight excluding hydrogens is 267 g/mol. The van der Waals surface area contributed by atoms with Gasteiger partial charge in [-0.3, -0.25) is 0 Å². The van der Waals surface area contributed by atoms with Gasteiger partial charge >= 0.3 is 0 Å². The van der Waals surface area contributed by atoms with Gasteiger partial charge in [-0.1, -0.05) is 6.92 Å². The van der Waals surface area contributed by atoms with Crippen molar-refractivity contribution in [2.24, 2.45) is 0 Å². The van der Waals surface area contributed by atoms with Gasteiger partial charge in [-0.25, -0.2) is 23.1 Å². The summed E-state index contributed by atoms with van der Waals surface area (Å²) in [4.78, 5) is 8.48. The molecule has 0 aliphatic heterocycles. The molecule has 0 spiro atoms. The Kier molecular flexibility index (Phi) is 3.92. The third kappa shape index (κ3) is 2.45. The number of rotatable bonds is 3. The minimum Gasteiger partial charge on any atom is -0.373 e. The lowest BCUT2D eigenvalue weighted by atomic mass is 10.1. The summed E-state index contributed by atoms with van der Waals surface area (Å²) in [5.74, 6) is -3.27. The first-order chi connectivity index (χ1) is 9.47. The molecule has 3 nitrogen and oxygen atoms in total. The molecule has 1 aromatic heterocycles. The summed E-state index contributed by atoms with van der Waals surface area (Å²) in [5.41, 5.74) is 1.75. The average molecular weight is 281 g/mol. The lowest BCUT2D eigenvalue weighted by Crippen LogP contribution is -2.05. The van der Waals surface area contributed by atoms with Crippen LogP contribution in [0.3, 0.4) is 0 Å². The predicted octanol–water partition coefficient (Wildman–Crippen LogP) is 3.47. The van der Waals surface area contributed by atoms with E-state index in [1.54, 1.807) is 7.05 Å². The molecule has 0 fully saturated rings. The summed E-state index contributed by atoms with van der Waals surface area (Å²) in [7, 11) is 1.70. The van der Waals surface area contributed by atoms with E-state index < -0.39 is 17.5 Å². The second-order valence-electron chi connectivity index (χ2n) is 4.32. The molecule has 0 saturated carbocycles. The second-order valence-corrected chi connectivity index (χ2v) is 4.32. The molecule has 106 valence electrons. The van der Waals surface area contributed by atoms with Gasteiger partial charge in [0, 0.05) is 23.9 Å². The van der Waals surface area contributed by atoms with Crippen molar-refractivity contribution in [1.29, 1.82) is 0 Å². The molecule has 6 heteroatoms. The summed E-state index contributed by atoms with van der Waals surface area (Å²) in [6, 6.07) is 1.78. The van der Waals surface area contributed by atoms with E-state index in [4.69, 9.17) is 0 Å². The fraction of sp³-hybridized carbons (Fsp3) is 0.286. The SMILES string of the molecule is CCc1nc(-c2cc(F)c(F)c(F)c2)nc(NC)c1C. The highest BCUT2D eigenvalue weighted by Gasteiger charge is 2.15. The van der Waals surface area contributed by atoms with E-state index in [0.717, 1.165) is 23.4 Å². The Morgan fingerprint density at radius 1 is 1.10 bits per heavy atom. The lowest BCUT2D eigenvalue weighted by molar-refractivity contribution is 0.447. The molecule has 0 aliphatic carbocycles. The average Bonchev–Trinajstić information content (AvgIpc) is 2.44. The van der Waals surface area contributed by atoms with Gasteiger partial charge in [-0.2, -0.15) is 0 Å². The molecule has 0 atom stereocenters. The molecule has 1 heterocycles. The second kappa shape index (κ2) is 5.48. The van der Waals surface area contributed by atoms with Crippen molar-refractivity contribution in [3.05, 3.63) is 40.8 Å². The Balaban J connectivity index is 2.63. The third-order valence-electron chi connectivity index (χ3n) is 3.06. The van der Waals surface area contributed by atoms with Crippen molar-refractivity contribution < 1.29 is 13.2 Å². The Morgan fingerprint density at radius 3 is 2.20 bits per heavy atom. The summed E-state index contributed by atoms with van der Waals surface area (Å²) in [6.07, 6.45) is 0.655. The molecule has 0 bridgehead atoms. The minimum atomic E-state index is -1.49. The maximum absolute atomic E-state index is 13.3. The van der Waals surface area contributed by atoms with E-state index >= 15 is 0 Å². The predicted molar refractivity (Wildman–Crippen MR) is 71.0 cm³/mol. The molecule has 0 amide bonds. The van der Waals surface area contributed by atoms with E-state index in [9.17, 15) is 13.2 Å². The van der Waals surface area contributed by atoms with Crippen molar-refractivity contribution >= 4 is 5.82 Å². The number of benzene rings is 1. The highest BCUT2D eigenvalue weighted by atomic mass is 19.2. The van der Waals surface area contributed by atoms with Crippen LogP contribution in [-0.4, -0.2) is 17.0 Å². The van der Waals surface area contributed by atoms with Crippen molar-refractivity contribution in [3.63, 3.8) is 0 Å². The van der Waals surface area contributed by atoms with Gasteiger partial charge in [-0.15, -0.1) is 0 Å². The molecule has 1 aromatic carbocycles. The zero-order valence-electron chi connectivity index (χ0n) is 11.4. The minimum absolute atomic E-state index is 0.104. The number of halogens is 3. The summed E-state index contributed by atoms with van der Waals surface area (Å²) < 4.78 is 39.5. The van der Waals surface area contributed by atoms with Crippen LogP contribution in [0.2, 0.25) is 0 Å². The van der Waals surface area contributed by atoms with E-state index in [2.05, 4.69) is 15.3 Å². The Bertz CT molecular complexity index is 608. The topological polar surface area (TPSA) is 37.8 Å². The lowest BCUT2D eigenvalue weighted by Gasteiger charge is -2.11. The van der Waals surface area contributed by atoms with Gasteiger partial charge in [0.05, 0.1) is 0 Å². The fourth-order valence-electron chi connectivity index (χ4n) is 1.96. The van der Waals surface area contributed by atoms with Crippen molar-refractivity contribution in [3.8, 4) is 11.4 Å². The number of hydrogen-bond acceptors (Lipinski definition) is 3. The zero-order valence-corrected chi connectivity index (χ0v) is 11.4. The smallest absolute Gasteiger partial charge is 0.194 e. The number of hydrogen-bond donors (Lipinski definition) is 1. The van der Waals surface area contributed by atoms with Crippen LogP contribution in [0.5, 0.6) is 0 Å². The quantitative estimate of drug-likeness (QED) is 0.875. The highest BCUT2D eigenvalue weighted by Crippen LogP contribution is 2.24. The van der Waals surface area contributed by atoms with Crippen molar-refractivity contribution in [2.75, 3.05) is 12.4 Å². The molecule has 0 aliphatic rings. The molecular formula is C14H14F3N3. The first kappa shape index (κ1) is 14.3. The van der Waals surface area contributed by atoms with Crippen LogP contribution in [0.4, 0.5) is 19.0 Å². The number of aryl methyl sites for hydroxylation is 1. The number of aromatic nitrogens is 2. The molecule has 0 saturated heterocycles. The van der Waals surface area contributed by atoms with Crippen LogP contribution in [0.15, 0.2) is 12.1 Å². The van der Waals surface area contributed by atoms with Crippen molar-refractivity contribution in [2.45, 2.75) is 20.3 Å². The Morgan fingerprint density at radius 2 is 1.70 bits per heavy atom. The molecule has 0 radical (unpaired) electrons. The summed E-state index contributed by atoms with van der Waals surface area (Å²) in [6.45, 7) is 3.78. The van der Waals surface area contributed by atoms with Crippen LogP contribution >= 0.6 is 0 Å². The number of nitrogens with zero attached hydrogens (tertiary/aromatic N) is 2. The standard InChI is InChI=1S/C14H14F3N3/c1-4-11-7(2)13(18-3)20-14(19-11)8-5-9(15)12(17)10(16)6-8/h5-6H,4H2,1-3H3,(H,18,19,20). The Hall–Kier alpha value is -2.11. The van der Waals surface area contributed by atoms with E-state index in [-0.39, 0.29) is 11.4 Å². The number of nitrogens with one attached hydrogen (secondary N) is 1. The van der Waals surface area contributed by atoms with Gasteiger partial charge < -0.3 is 5.32 Å². The maximum Gasteiger partial charge on any atom is 0.194 e. The van der Waals surface area contributed by atoms with Crippen molar-refractivity contribution in [1.82, 2.24) is 9.97 Å². The number of anilines is 1.